The molecule has 2 heterocycles. The third-order valence-electron chi connectivity index (χ3n) is 14.7. The van der Waals surface area contributed by atoms with Crippen LogP contribution >= 0.6 is 0 Å². The largest absolute Gasteiger partial charge is 1.00 e. The van der Waals surface area contributed by atoms with Crippen molar-refractivity contribution in [1.82, 2.24) is 0 Å². The van der Waals surface area contributed by atoms with E-state index in [0.29, 0.717) is 17.8 Å². The number of esters is 5. The molecule has 4 bridgehead atoms. The quantitative estimate of drug-likeness (QED) is 0.119. The van der Waals surface area contributed by atoms with Crippen LogP contribution in [0.5, 0.6) is 0 Å². The predicted octanol–water partition coefficient (Wildman–Crippen LogP) is 11.7. The van der Waals surface area contributed by atoms with Crippen LogP contribution in [0.4, 0.5) is 0 Å². The minimum atomic E-state index is -1.09. The van der Waals surface area contributed by atoms with Crippen LogP contribution in [-0.2, 0) is 43.0 Å². The van der Waals surface area contributed by atoms with Gasteiger partial charge in [0.1, 0.15) is 5.60 Å². The van der Waals surface area contributed by atoms with E-state index in [2.05, 4.69) is 24.7 Å². The zero-order valence-electron chi connectivity index (χ0n) is 31.6. The van der Waals surface area contributed by atoms with Gasteiger partial charge in [0, 0.05) is 5.92 Å². The Bertz CT molecular complexity index is 1440. The van der Waals surface area contributed by atoms with Crippen LogP contribution in [-0.4, -0.2) is 46.5 Å². The first kappa shape index (κ1) is 59.3. The molecule has 10 heteroatoms. The molecule has 10 nitrogen and oxygen atoms in total. The SMILES string of the molecule is C.C.C.C.C.C.C.C.C/C=C1\CC2CC1C1CCCC21.CC(C(=O)O)C1C(=O)OC(=O)C1C.CCC1(OC(=O)C(C)C2C(=O)OC(=O)C2C)CC2CC1C1CCCC21.[H+]. The van der Waals surface area contributed by atoms with Gasteiger partial charge in [-0.05, 0) is 106 Å². The van der Waals surface area contributed by atoms with Crippen molar-refractivity contribution >= 4 is 35.8 Å². The number of hydrogen-bond donors (Lipinski definition) is 1. The number of allylic oxidation sites excluding steroid dienone is 2. The van der Waals surface area contributed by atoms with E-state index in [1.54, 1.807) is 33.1 Å². The highest BCUT2D eigenvalue weighted by Crippen LogP contribution is 2.64. The molecule has 0 aromatic heterocycles. The molecule has 0 amide bonds. The van der Waals surface area contributed by atoms with Gasteiger partial charge in [0.2, 0.25) is 0 Å². The van der Waals surface area contributed by atoms with Crippen molar-refractivity contribution < 1.29 is 49.5 Å². The molecule has 15 atom stereocenters. The van der Waals surface area contributed by atoms with E-state index in [4.69, 9.17) is 14.6 Å². The summed E-state index contributed by atoms with van der Waals surface area (Å²) in [7, 11) is 0. The van der Waals surface area contributed by atoms with Crippen LogP contribution in [0, 0.1) is 82.9 Å². The van der Waals surface area contributed by atoms with Crippen LogP contribution < -0.4 is 0 Å². The van der Waals surface area contributed by atoms with Gasteiger partial charge in [-0.1, -0.05) is 119 Å². The molecular formula is C48H89O10+. The third-order valence-corrected chi connectivity index (χ3v) is 14.7. The third kappa shape index (κ3) is 10.3. The molecule has 58 heavy (non-hydrogen) atoms. The second kappa shape index (κ2) is 23.1. The Balaban J connectivity index is -0.000000386. The highest BCUT2D eigenvalue weighted by molar-refractivity contribution is 5.99. The van der Waals surface area contributed by atoms with Crippen molar-refractivity contribution in [3.63, 3.8) is 0 Å². The van der Waals surface area contributed by atoms with Gasteiger partial charge in [-0.15, -0.1) is 0 Å². The van der Waals surface area contributed by atoms with Gasteiger partial charge >= 0.3 is 37.2 Å². The van der Waals surface area contributed by atoms with Crippen LogP contribution in [0.1, 0.15) is 173 Å². The summed E-state index contributed by atoms with van der Waals surface area (Å²) in [5.41, 5.74) is 1.44. The Morgan fingerprint density at radius 3 is 1.66 bits per heavy atom. The molecule has 15 unspecified atom stereocenters. The van der Waals surface area contributed by atoms with Crippen LogP contribution in [0.3, 0.4) is 0 Å². The second-order valence-corrected chi connectivity index (χ2v) is 16.9. The van der Waals surface area contributed by atoms with Gasteiger partial charge in [-0.2, -0.15) is 0 Å². The molecule has 6 aliphatic carbocycles. The molecule has 1 N–H and O–H groups in total. The summed E-state index contributed by atoms with van der Waals surface area (Å²) in [5, 5.41) is 8.65. The number of carbonyl (C=O) groups excluding carboxylic acids is 5. The van der Waals surface area contributed by atoms with Crippen LogP contribution in [0.2, 0.25) is 0 Å². The molecule has 0 aromatic rings. The van der Waals surface area contributed by atoms with E-state index in [1.165, 1.54) is 52.4 Å². The molecule has 8 aliphatic rings. The van der Waals surface area contributed by atoms with Crippen molar-refractivity contribution in [1.29, 1.82) is 0 Å². The highest BCUT2D eigenvalue weighted by Gasteiger charge is 2.62. The van der Waals surface area contributed by atoms with E-state index in [9.17, 15) is 28.8 Å². The van der Waals surface area contributed by atoms with E-state index < -0.39 is 65.4 Å². The zero-order valence-corrected chi connectivity index (χ0v) is 30.6. The fourth-order valence-corrected chi connectivity index (χ4v) is 12.1. The van der Waals surface area contributed by atoms with E-state index in [1.807, 2.05) is 5.57 Å². The molecule has 0 radical (unpaired) electrons. The van der Waals surface area contributed by atoms with Crippen molar-refractivity contribution in [2.24, 2.45) is 82.9 Å². The Labute approximate surface area is 356 Å². The van der Waals surface area contributed by atoms with Gasteiger partial charge in [0.15, 0.2) is 0 Å². The summed E-state index contributed by atoms with van der Waals surface area (Å²) >= 11 is 0. The lowest BCUT2D eigenvalue weighted by Gasteiger charge is -2.42. The van der Waals surface area contributed by atoms with Crippen LogP contribution in [0.15, 0.2) is 11.6 Å². The molecule has 2 saturated heterocycles. The minimum absolute atomic E-state index is 0. The van der Waals surface area contributed by atoms with Crippen molar-refractivity contribution in [3.05, 3.63) is 11.6 Å². The Morgan fingerprint density at radius 1 is 0.741 bits per heavy atom. The smallest absolute Gasteiger partial charge is 0.481 e. The van der Waals surface area contributed by atoms with Gasteiger partial charge in [0.25, 0.3) is 0 Å². The normalized spacial score (nSPS) is 37.7. The number of rotatable bonds is 6. The fraction of sp³-hybridized carbons (Fsp3) is 0.833. The van der Waals surface area contributed by atoms with E-state index >= 15 is 0 Å². The highest BCUT2D eigenvalue weighted by atomic mass is 16.6. The molecular weight excluding hydrogens is 737 g/mol. The lowest BCUT2D eigenvalue weighted by Crippen LogP contribution is -2.46. The summed E-state index contributed by atoms with van der Waals surface area (Å²) in [6.45, 7) is 10.6. The monoisotopic (exact) mass is 826 g/mol. The van der Waals surface area contributed by atoms with Crippen molar-refractivity contribution in [3.8, 4) is 0 Å². The Morgan fingerprint density at radius 2 is 1.21 bits per heavy atom. The van der Waals surface area contributed by atoms with E-state index in [0.717, 1.165) is 42.4 Å². The summed E-state index contributed by atoms with van der Waals surface area (Å²) < 4.78 is 15.2. The average molecular weight is 826 g/mol. The van der Waals surface area contributed by atoms with Gasteiger partial charge in [-0.3, -0.25) is 28.8 Å². The first-order valence-corrected chi connectivity index (χ1v) is 19.3. The number of hydrogen-bond acceptors (Lipinski definition) is 9. The van der Waals surface area contributed by atoms with Gasteiger partial charge in [-0.25, -0.2) is 0 Å². The van der Waals surface area contributed by atoms with Gasteiger partial charge in [0.05, 0.1) is 35.5 Å². The van der Waals surface area contributed by atoms with Crippen LogP contribution in [0.25, 0.3) is 0 Å². The second-order valence-electron chi connectivity index (χ2n) is 16.9. The number of carboxylic acid groups (broad SMARTS) is 1. The van der Waals surface area contributed by atoms with Crippen molar-refractivity contribution in [2.75, 3.05) is 0 Å². The number of fused-ring (bicyclic) bond motifs is 10. The van der Waals surface area contributed by atoms with E-state index in [-0.39, 0.29) is 72.4 Å². The number of cyclic esters (lactones) is 4. The number of carbonyl (C=O) groups is 6. The summed E-state index contributed by atoms with van der Waals surface area (Å²) in [5.74, 6) is -1.11. The summed E-state index contributed by atoms with van der Waals surface area (Å²) in [6.07, 6.45) is 16.9. The first-order chi connectivity index (χ1) is 23.7. The molecule has 8 fully saturated rings. The lowest BCUT2D eigenvalue weighted by molar-refractivity contribution is -0.178. The van der Waals surface area contributed by atoms with Crippen molar-refractivity contribution in [2.45, 2.75) is 177 Å². The standard InChI is InChI=1S/C20H28O5.C12H18.C8H10O5.8CH4/c1-4-20(9-12-8-15(20)14-7-5-6-13(12)14)25-18(22)11(3)16-10(2)17(21)24-19(16)23;1-2-8-6-9-7-12(8)11-5-3-4-10(9)11;1-3(6(9)10)5-4(2)7(11)13-8(5)12;;;;;;;;/h10-16H,4-9H2,1-3H3;2,9-12H,3-7H2,1H3;3-5H,1-2H3,(H,9,10);8*1H4/p+1/b;8-2+;;;;;;;;;. The maximum Gasteiger partial charge on any atom is 1.00 e. The average Bonchev–Trinajstić information content (AvgIpc) is 3.93. The molecule has 340 valence electrons. The minimum Gasteiger partial charge on any atom is -0.481 e. The molecule has 0 aromatic carbocycles. The Hall–Kier alpha value is -3.04. The number of aliphatic carboxylic acids is 1. The summed E-state index contributed by atoms with van der Waals surface area (Å²) in [6, 6.07) is 0. The molecule has 8 rings (SSSR count). The molecule has 2 aliphatic heterocycles. The summed E-state index contributed by atoms with van der Waals surface area (Å²) in [4.78, 5) is 68.9. The predicted molar refractivity (Wildman–Crippen MR) is 235 cm³/mol. The first-order valence-electron chi connectivity index (χ1n) is 19.3. The number of ether oxygens (including phenoxy) is 3. The maximum atomic E-state index is 12.9. The maximum absolute atomic E-state index is 12.9. The fourth-order valence-electron chi connectivity index (χ4n) is 12.1. The Kier molecular flexibility index (Phi) is 23.6. The van der Waals surface area contributed by atoms with Gasteiger partial charge < -0.3 is 19.3 Å². The topological polar surface area (TPSA) is 150 Å². The molecule has 6 saturated carbocycles. The number of carboxylic acids is 1. The lowest BCUT2D eigenvalue weighted by atomic mass is 9.71. The molecule has 0 spiro atoms. The zero-order chi connectivity index (χ0) is 36.2.